The molecule has 17 heavy (non-hydrogen) atoms. The molecule has 5 nitrogen and oxygen atoms in total. The molecule has 0 aromatic carbocycles. The standard InChI is InChI=1S/C10H14BBrN3O2/c1-3-6(12)4-8-7(13)5-9(10(16)14-8)15-11-17-2/h3-4,9,15H,1,5,13H2,2H3,(H,14,16)/b6-4+/t9-/m1/s1. The third kappa shape index (κ3) is 4.03. The van der Waals surface area contributed by atoms with Gasteiger partial charge in [-0.05, 0) is 6.08 Å². The molecule has 91 valence electrons. The molecule has 0 aromatic heterocycles. The van der Waals surface area contributed by atoms with Crippen molar-refractivity contribution >= 4 is 29.5 Å². The van der Waals surface area contributed by atoms with Gasteiger partial charge in [-0.3, -0.25) is 4.79 Å². The fourth-order valence-corrected chi connectivity index (χ4v) is 1.56. The van der Waals surface area contributed by atoms with E-state index in [2.05, 4.69) is 33.1 Å². The van der Waals surface area contributed by atoms with Gasteiger partial charge in [0.15, 0.2) is 0 Å². The van der Waals surface area contributed by atoms with Gasteiger partial charge >= 0.3 is 7.62 Å². The molecule has 0 spiro atoms. The molecule has 4 N–H and O–H groups in total. The quantitative estimate of drug-likeness (QED) is 0.503. The van der Waals surface area contributed by atoms with Gasteiger partial charge in [-0.25, -0.2) is 0 Å². The fraction of sp³-hybridized carbons (Fsp3) is 0.300. The summed E-state index contributed by atoms with van der Waals surface area (Å²) >= 11 is 3.28. The summed E-state index contributed by atoms with van der Waals surface area (Å²) in [6.45, 7) is 3.60. The van der Waals surface area contributed by atoms with Crippen LogP contribution in [0, 0.1) is 0 Å². The summed E-state index contributed by atoms with van der Waals surface area (Å²) < 4.78 is 5.49. The van der Waals surface area contributed by atoms with Crippen LogP contribution < -0.4 is 16.3 Å². The Labute approximate surface area is 110 Å². The Balaban J connectivity index is 2.77. The van der Waals surface area contributed by atoms with E-state index in [0.29, 0.717) is 17.8 Å². The van der Waals surface area contributed by atoms with Crippen LogP contribution in [0.2, 0.25) is 0 Å². The van der Waals surface area contributed by atoms with Crippen molar-refractivity contribution in [3.05, 3.63) is 34.6 Å². The molecule has 0 aliphatic carbocycles. The molecule has 0 unspecified atom stereocenters. The Morgan fingerprint density at radius 3 is 3.12 bits per heavy atom. The van der Waals surface area contributed by atoms with Crippen molar-refractivity contribution in [3.8, 4) is 0 Å². The van der Waals surface area contributed by atoms with E-state index >= 15 is 0 Å². The molecule has 1 radical (unpaired) electrons. The predicted octanol–water partition coefficient (Wildman–Crippen LogP) is 0.280. The highest BCUT2D eigenvalue weighted by atomic mass is 79.9. The van der Waals surface area contributed by atoms with Crippen LogP contribution in [0.1, 0.15) is 6.42 Å². The first-order chi connectivity index (χ1) is 8.08. The maximum Gasteiger partial charge on any atom is 0.396 e. The monoisotopic (exact) mass is 298 g/mol. The number of rotatable bonds is 5. The van der Waals surface area contributed by atoms with E-state index in [9.17, 15) is 4.79 Å². The van der Waals surface area contributed by atoms with Crippen molar-refractivity contribution < 1.29 is 9.45 Å². The molecule has 1 atom stereocenters. The number of allylic oxidation sites excluding steroid dienone is 3. The van der Waals surface area contributed by atoms with Gasteiger partial charge in [-0.15, -0.1) is 0 Å². The van der Waals surface area contributed by atoms with E-state index < -0.39 is 6.04 Å². The first-order valence-electron chi connectivity index (χ1n) is 4.98. The Kier molecular flexibility index (Phi) is 5.47. The largest absolute Gasteiger partial charge is 0.427 e. The first-order valence-corrected chi connectivity index (χ1v) is 5.77. The SMILES string of the molecule is C=C/C(Br)=C\C1=C(N)C[C@@H](N[B]OC)C(=O)N1. The average molecular weight is 299 g/mol. The van der Waals surface area contributed by atoms with Gasteiger partial charge in [0.1, 0.15) is 0 Å². The molecule has 1 amide bonds. The van der Waals surface area contributed by atoms with Crippen LogP contribution >= 0.6 is 15.9 Å². The minimum atomic E-state index is -0.408. The number of carbonyl (C=O) groups is 1. The smallest absolute Gasteiger partial charge is 0.396 e. The minimum Gasteiger partial charge on any atom is -0.427 e. The zero-order valence-electron chi connectivity index (χ0n) is 9.50. The summed E-state index contributed by atoms with van der Waals surface area (Å²) in [5.41, 5.74) is 7.07. The van der Waals surface area contributed by atoms with E-state index in [1.54, 1.807) is 12.2 Å². The molecular weight excluding hydrogens is 285 g/mol. The van der Waals surface area contributed by atoms with E-state index in [4.69, 9.17) is 10.4 Å². The van der Waals surface area contributed by atoms with Crippen LogP contribution in [-0.4, -0.2) is 26.7 Å². The highest BCUT2D eigenvalue weighted by Crippen LogP contribution is 2.16. The summed E-state index contributed by atoms with van der Waals surface area (Å²) in [5, 5.41) is 5.53. The maximum absolute atomic E-state index is 11.7. The highest BCUT2D eigenvalue weighted by molar-refractivity contribution is 9.11. The number of hydrogen-bond donors (Lipinski definition) is 3. The van der Waals surface area contributed by atoms with Crippen molar-refractivity contribution in [1.82, 2.24) is 10.5 Å². The van der Waals surface area contributed by atoms with Crippen molar-refractivity contribution in [2.24, 2.45) is 5.73 Å². The van der Waals surface area contributed by atoms with E-state index in [-0.39, 0.29) is 5.91 Å². The van der Waals surface area contributed by atoms with Crippen molar-refractivity contribution in [2.75, 3.05) is 7.11 Å². The molecule has 0 aromatic rings. The number of carbonyl (C=O) groups excluding carboxylic acids is 1. The van der Waals surface area contributed by atoms with Gasteiger partial charge in [0, 0.05) is 23.7 Å². The fourth-order valence-electron chi connectivity index (χ4n) is 1.33. The Morgan fingerprint density at radius 2 is 2.53 bits per heavy atom. The van der Waals surface area contributed by atoms with Gasteiger partial charge in [-0.1, -0.05) is 28.6 Å². The minimum absolute atomic E-state index is 0.150. The summed E-state index contributed by atoms with van der Waals surface area (Å²) in [6.07, 6.45) is 3.76. The summed E-state index contributed by atoms with van der Waals surface area (Å²) in [7, 11) is 2.86. The molecule has 0 saturated heterocycles. The summed E-state index contributed by atoms with van der Waals surface area (Å²) in [5.74, 6) is -0.150. The number of hydrogen-bond acceptors (Lipinski definition) is 4. The number of nitrogens with two attached hydrogens (primary N) is 1. The normalized spacial score (nSPS) is 21.2. The van der Waals surface area contributed by atoms with Gasteiger partial charge < -0.3 is 20.9 Å². The molecule has 1 aliphatic rings. The molecule has 1 aliphatic heterocycles. The second-order valence-electron chi connectivity index (χ2n) is 3.44. The predicted molar refractivity (Wildman–Crippen MR) is 70.9 cm³/mol. The van der Waals surface area contributed by atoms with Crippen molar-refractivity contribution in [3.63, 3.8) is 0 Å². The van der Waals surface area contributed by atoms with Gasteiger partial charge in [0.05, 0.1) is 11.7 Å². The summed E-state index contributed by atoms with van der Waals surface area (Å²) in [4.78, 5) is 11.7. The van der Waals surface area contributed by atoms with Crippen molar-refractivity contribution in [1.29, 1.82) is 0 Å². The maximum atomic E-state index is 11.7. The van der Waals surface area contributed by atoms with E-state index in [0.717, 1.165) is 4.48 Å². The van der Waals surface area contributed by atoms with Gasteiger partial charge in [0.25, 0.3) is 0 Å². The Hall–Kier alpha value is -1.05. The lowest BCUT2D eigenvalue weighted by atomic mass is 10.0. The highest BCUT2D eigenvalue weighted by Gasteiger charge is 2.25. The number of amides is 1. The molecule has 1 rings (SSSR count). The molecule has 0 saturated carbocycles. The average Bonchev–Trinajstić information content (AvgIpc) is 2.31. The molecule has 0 fully saturated rings. The zero-order chi connectivity index (χ0) is 12.8. The zero-order valence-corrected chi connectivity index (χ0v) is 11.1. The second kappa shape index (κ2) is 6.63. The van der Waals surface area contributed by atoms with Crippen LogP contribution in [0.4, 0.5) is 0 Å². The van der Waals surface area contributed by atoms with Gasteiger partial charge in [0.2, 0.25) is 5.91 Å². The van der Waals surface area contributed by atoms with Gasteiger partial charge in [-0.2, -0.15) is 0 Å². The topological polar surface area (TPSA) is 76.4 Å². The van der Waals surface area contributed by atoms with Crippen LogP contribution in [0.5, 0.6) is 0 Å². The Bertz CT molecular complexity index is 382. The van der Waals surface area contributed by atoms with E-state index in [1.807, 2.05) is 0 Å². The molecule has 7 heteroatoms. The van der Waals surface area contributed by atoms with Crippen molar-refractivity contribution in [2.45, 2.75) is 12.5 Å². The lowest BCUT2D eigenvalue weighted by molar-refractivity contribution is -0.122. The lowest BCUT2D eigenvalue weighted by Gasteiger charge is -2.24. The van der Waals surface area contributed by atoms with Crippen LogP contribution in [0.3, 0.4) is 0 Å². The second-order valence-corrected chi connectivity index (χ2v) is 4.35. The first kappa shape index (κ1) is 14.0. The van der Waals surface area contributed by atoms with E-state index in [1.165, 1.54) is 14.7 Å². The molecule has 1 heterocycles. The third-order valence-electron chi connectivity index (χ3n) is 2.21. The van der Waals surface area contributed by atoms with Crippen LogP contribution in [-0.2, 0) is 9.45 Å². The summed E-state index contributed by atoms with van der Waals surface area (Å²) in [6, 6.07) is -0.408. The Morgan fingerprint density at radius 1 is 1.82 bits per heavy atom. The third-order valence-corrected chi connectivity index (χ3v) is 2.76. The van der Waals surface area contributed by atoms with Crippen LogP contribution in [0.15, 0.2) is 34.6 Å². The van der Waals surface area contributed by atoms with Crippen LogP contribution in [0.25, 0.3) is 0 Å². The molecule has 0 bridgehead atoms. The number of halogens is 1. The molecular formula is C10H14BBrN3O2. The number of nitrogens with one attached hydrogen (secondary N) is 2. The lowest BCUT2D eigenvalue weighted by Crippen LogP contribution is -2.49.